The molecule has 3 aromatic heterocycles. The van der Waals surface area contributed by atoms with Gasteiger partial charge in [0.2, 0.25) is 0 Å². The van der Waals surface area contributed by atoms with Crippen molar-refractivity contribution in [2.45, 2.75) is 19.8 Å². The molecule has 1 aliphatic rings. The molecule has 0 unspecified atom stereocenters. The minimum absolute atomic E-state index is 0.962. The molecule has 0 N–H and O–H groups in total. The molecule has 0 saturated heterocycles. The van der Waals surface area contributed by atoms with Crippen LogP contribution in [-0.4, -0.2) is 14.1 Å². The number of benzene rings is 6. The van der Waals surface area contributed by atoms with Crippen molar-refractivity contribution in [3.63, 3.8) is 0 Å². The first kappa shape index (κ1) is 29.5. The summed E-state index contributed by atoms with van der Waals surface area (Å²) in [5.41, 5.74) is 18.0. The molecule has 10 rings (SSSR count). The van der Waals surface area contributed by atoms with Crippen molar-refractivity contribution in [2.75, 3.05) is 0 Å². The van der Waals surface area contributed by atoms with Crippen LogP contribution in [0, 0.1) is 6.92 Å². The quantitative estimate of drug-likeness (QED) is 0.181. The van der Waals surface area contributed by atoms with Gasteiger partial charge >= 0.3 is 0 Å². The van der Waals surface area contributed by atoms with Crippen LogP contribution in [0.15, 0.2) is 170 Å². The Morgan fingerprint density at radius 1 is 0.412 bits per heavy atom. The highest BCUT2D eigenvalue weighted by atomic mass is 15.1. The molecule has 0 aliphatic heterocycles. The summed E-state index contributed by atoms with van der Waals surface area (Å²) in [7, 11) is 0. The number of aryl methyl sites for hydroxylation is 3. The molecule has 0 atom stereocenters. The molecule has 0 bridgehead atoms. The van der Waals surface area contributed by atoms with Gasteiger partial charge in [-0.05, 0) is 90.6 Å². The second-order valence-corrected chi connectivity index (χ2v) is 13.6. The average Bonchev–Trinajstić information content (AvgIpc) is 3.72. The largest absolute Gasteiger partial charge is 0.307 e. The molecule has 3 heterocycles. The third-order valence-corrected chi connectivity index (χ3v) is 10.5. The normalized spacial score (nSPS) is 12.3. The first-order valence-electron chi connectivity index (χ1n) is 17.8. The molecule has 242 valence electrons. The van der Waals surface area contributed by atoms with Crippen molar-refractivity contribution in [3.05, 3.63) is 187 Å². The smallest absolute Gasteiger partial charge is 0.0744 e. The fraction of sp³-hybridized carbons (Fsp3) is 0.0625. The maximum Gasteiger partial charge on any atom is 0.0744 e. The second-order valence-electron chi connectivity index (χ2n) is 13.6. The zero-order chi connectivity index (χ0) is 33.9. The molecule has 0 amide bonds. The zero-order valence-electron chi connectivity index (χ0n) is 28.4. The molecule has 3 heteroatoms. The first-order valence-corrected chi connectivity index (χ1v) is 17.8. The van der Waals surface area contributed by atoms with Gasteiger partial charge in [-0.3, -0.25) is 0 Å². The summed E-state index contributed by atoms with van der Waals surface area (Å²) in [6.07, 6.45) is 2.02. The van der Waals surface area contributed by atoms with Crippen molar-refractivity contribution < 1.29 is 0 Å². The van der Waals surface area contributed by atoms with Gasteiger partial charge in [0.05, 0.1) is 33.8 Å². The maximum atomic E-state index is 5.23. The summed E-state index contributed by atoms with van der Waals surface area (Å²) in [6, 6.07) is 61.3. The van der Waals surface area contributed by atoms with Gasteiger partial charge in [0.15, 0.2) is 0 Å². The van der Waals surface area contributed by atoms with E-state index >= 15 is 0 Å². The lowest BCUT2D eigenvalue weighted by molar-refractivity contribution is 0.921. The van der Waals surface area contributed by atoms with Gasteiger partial charge in [-0.25, -0.2) is 4.98 Å². The zero-order valence-corrected chi connectivity index (χ0v) is 28.4. The van der Waals surface area contributed by atoms with Crippen LogP contribution in [-0.2, 0) is 12.8 Å². The average molecular weight is 654 g/mol. The van der Waals surface area contributed by atoms with Crippen molar-refractivity contribution >= 4 is 21.8 Å². The standard InChI is InChI=1S/C48H35N3/c1-32-20-22-34(23-21-32)43-30-36(33-12-4-2-5-13-33)31-44(49-43)35-24-26-38(27-25-35)51-46-19-11-9-17-40(46)42-29-28-41-39-16-8-10-18-45(39)50(47(41)48(42)51)37-14-6-3-7-15-37/h2-27,30-31H,28-29H2,1H3. The first-order chi connectivity index (χ1) is 25.2. The Kier molecular flexibility index (Phi) is 6.85. The summed E-state index contributed by atoms with van der Waals surface area (Å²) in [6.45, 7) is 2.12. The summed E-state index contributed by atoms with van der Waals surface area (Å²) >= 11 is 0. The molecular weight excluding hydrogens is 619 g/mol. The number of fused-ring (bicyclic) bond motifs is 7. The fourth-order valence-corrected chi connectivity index (χ4v) is 8.11. The Morgan fingerprint density at radius 2 is 0.863 bits per heavy atom. The summed E-state index contributed by atoms with van der Waals surface area (Å²) in [5, 5.41) is 2.66. The Labute approximate surface area is 297 Å². The topological polar surface area (TPSA) is 22.8 Å². The molecule has 3 nitrogen and oxygen atoms in total. The summed E-state index contributed by atoms with van der Waals surface area (Å²) in [5.74, 6) is 0. The Morgan fingerprint density at radius 3 is 1.41 bits per heavy atom. The van der Waals surface area contributed by atoms with Crippen LogP contribution in [0.5, 0.6) is 0 Å². The van der Waals surface area contributed by atoms with Gasteiger partial charge in [0.25, 0.3) is 0 Å². The Bertz CT molecular complexity index is 2710. The second kappa shape index (κ2) is 11.9. The lowest BCUT2D eigenvalue weighted by Crippen LogP contribution is -2.09. The van der Waals surface area contributed by atoms with Crippen LogP contribution in [0.4, 0.5) is 0 Å². The van der Waals surface area contributed by atoms with Crippen LogP contribution in [0.25, 0.3) is 78.2 Å². The highest BCUT2D eigenvalue weighted by Crippen LogP contribution is 2.46. The predicted octanol–water partition coefficient (Wildman–Crippen LogP) is 12.0. The van der Waals surface area contributed by atoms with Crippen LogP contribution >= 0.6 is 0 Å². The van der Waals surface area contributed by atoms with E-state index in [4.69, 9.17) is 4.98 Å². The molecular formula is C48H35N3. The van der Waals surface area contributed by atoms with Crippen molar-refractivity contribution in [3.8, 4) is 56.4 Å². The number of rotatable bonds is 5. The molecule has 0 radical (unpaired) electrons. The van der Waals surface area contributed by atoms with Crippen LogP contribution in [0.2, 0.25) is 0 Å². The van der Waals surface area contributed by atoms with Gasteiger partial charge in [-0.2, -0.15) is 0 Å². The third kappa shape index (κ3) is 4.85. The minimum atomic E-state index is 0.962. The summed E-state index contributed by atoms with van der Waals surface area (Å²) < 4.78 is 4.98. The molecule has 9 aromatic rings. The van der Waals surface area contributed by atoms with Gasteiger partial charge in [0, 0.05) is 33.3 Å². The number of hydrogen-bond donors (Lipinski definition) is 0. The Balaban J connectivity index is 1.16. The SMILES string of the molecule is Cc1ccc(-c2cc(-c3ccccc3)cc(-c3ccc(-n4c5c(c6ccccc64)CCc4c-5n(-c5ccccc5)c5ccccc45)cc3)n2)cc1. The molecule has 0 spiro atoms. The van der Waals surface area contributed by atoms with Crippen molar-refractivity contribution in [1.82, 2.24) is 14.1 Å². The Hall–Kier alpha value is -6.45. The number of aromatic nitrogens is 3. The van der Waals surface area contributed by atoms with E-state index in [1.165, 1.54) is 61.1 Å². The van der Waals surface area contributed by atoms with E-state index in [9.17, 15) is 0 Å². The van der Waals surface area contributed by atoms with E-state index < -0.39 is 0 Å². The van der Waals surface area contributed by atoms with Gasteiger partial charge in [-0.1, -0.05) is 127 Å². The maximum absolute atomic E-state index is 5.23. The van der Waals surface area contributed by atoms with Crippen molar-refractivity contribution in [1.29, 1.82) is 0 Å². The van der Waals surface area contributed by atoms with Gasteiger partial charge < -0.3 is 9.13 Å². The summed E-state index contributed by atoms with van der Waals surface area (Å²) in [4.78, 5) is 5.23. The van der Waals surface area contributed by atoms with E-state index in [0.29, 0.717) is 0 Å². The third-order valence-electron chi connectivity index (χ3n) is 10.5. The number of pyridine rings is 1. The minimum Gasteiger partial charge on any atom is -0.307 e. The van der Waals surface area contributed by atoms with E-state index in [1.807, 2.05) is 0 Å². The van der Waals surface area contributed by atoms with Crippen LogP contribution in [0.3, 0.4) is 0 Å². The van der Waals surface area contributed by atoms with Crippen molar-refractivity contribution in [2.24, 2.45) is 0 Å². The van der Waals surface area contributed by atoms with E-state index in [1.54, 1.807) is 0 Å². The van der Waals surface area contributed by atoms with Gasteiger partial charge in [-0.15, -0.1) is 0 Å². The number of para-hydroxylation sites is 3. The highest BCUT2D eigenvalue weighted by molar-refractivity contribution is 6.01. The number of hydrogen-bond acceptors (Lipinski definition) is 1. The fourth-order valence-electron chi connectivity index (χ4n) is 8.11. The molecule has 0 fully saturated rings. The van der Waals surface area contributed by atoms with E-state index in [-0.39, 0.29) is 0 Å². The lowest BCUT2D eigenvalue weighted by atomic mass is 9.92. The van der Waals surface area contributed by atoms with Crippen LogP contribution < -0.4 is 0 Å². The molecule has 51 heavy (non-hydrogen) atoms. The highest BCUT2D eigenvalue weighted by Gasteiger charge is 2.31. The van der Waals surface area contributed by atoms with E-state index in [0.717, 1.165) is 46.6 Å². The number of nitrogens with zero attached hydrogens (tertiary/aromatic N) is 3. The monoisotopic (exact) mass is 653 g/mol. The van der Waals surface area contributed by atoms with Crippen LogP contribution in [0.1, 0.15) is 16.7 Å². The lowest BCUT2D eigenvalue weighted by Gasteiger charge is -2.21. The van der Waals surface area contributed by atoms with Gasteiger partial charge in [0.1, 0.15) is 0 Å². The molecule has 1 aliphatic carbocycles. The van der Waals surface area contributed by atoms with E-state index in [2.05, 4.69) is 186 Å². The predicted molar refractivity (Wildman–Crippen MR) is 212 cm³/mol. The molecule has 6 aromatic carbocycles. The molecule has 0 saturated carbocycles.